The molecule has 1 aliphatic rings. The van der Waals surface area contributed by atoms with E-state index in [1.807, 2.05) is 30.1 Å². The lowest BCUT2D eigenvalue weighted by molar-refractivity contribution is -0.127. The Balaban J connectivity index is 1.95. The van der Waals surface area contributed by atoms with Gasteiger partial charge in [0.25, 0.3) is 0 Å². The molecule has 1 fully saturated rings. The second-order valence-corrected chi connectivity index (χ2v) is 6.61. The molecular formula is C20H32N4O3. The molecule has 1 N–H and O–H groups in total. The zero-order chi connectivity index (χ0) is 19.6. The number of rotatable bonds is 9. The number of ether oxygens (including phenoxy) is 2. The standard InChI is InChI=1S/C20H32N4O3/c1-5-21-20(22-11-7-13-24-12-6-8-19(24)25)23(2)15-16-9-10-17(26-3)14-18(16)27-4/h9-10,14H,5-8,11-13,15H2,1-4H3,(H,21,22). The van der Waals surface area contributed by atoms with E-state index in [9.17, 15) is 4.79 Å². The van der Waals surface area contributed by atoms with Crippen molar-refractivity contribution in [3.8, 4) is 11.5 Å². The summed E-state index contributed by atoms with van der Waals surface area (Å²) >= 11 is 0. The second kappa shape index (κ2) is 10.6. The summed E-state index contributed by atoms with van der Waals surface area (Å²) in [6.45, 7) is 5.89. The lowest BCUT2D eigenvalue weighted by Crippen LogP contribution is -2.38. The molecule has 1 amide bonds. The van der Waals surface area contributed by atoms with Gasteiger partial charge in [-0.25, -0.2) is 0 Å². The summed E-state index contributed by atoms with van der Waals surface area (Å²) in [5.74, 6) is 2.69. The Morgan fingerprint density at radius 1 is 1.33 bits per heavy atom. The van der Waals surface area contributed by atoms with Gasteiger partial charge < -0.3 is 24.6 Å². The lowest BCUT2D eigenvalue weighted by Gasteiger charge is -2.23. The Bertz CT molecular complexity index is 648. The molecular weight excluding hydrogens is 344 g/mol. The fourth-order valence-electron chi connectivity index (χ4n) is 3.17. The maximum absolute atomic E-state index is 11.7. The van der Waals surface area contributed by atoms with Crippen molar-refractivity contribution >= 4 is 11.9 Å². The number of hydrogen-bond acceptors (Lipinski definition) is 4. The van der Waals surface area contributed by atoms with Crippen LogP contribution in [0.2, 0.25) is 0 Å². The Hall–Kier alpha value is -2.44. The third-order valence-electron chi connectivity index (χ3n) is 4.62. The van der Waals surface area contributed by atoms with Gasteiger partial charge in [-0.2, -0.15) is 0 Å². The number of hydrogen-bond donors (Lipinski definition) is 1. The summed E-state index contributed by atoms with van der Waals surface area (Å²) in [6, 6.07) is 5.83. The van der Waals surface area contributed by atoms with Crippen molar-refractivity contribution in [3.05, 3.63) is 23.8 Å². The molecule has 1 aliphatic heterocycles. The van der Waals surface area contributed by atoms with Crippen LogP contribution in [0.1, 0.15) is 31.7 Å². The fraction of sp³-hybridized carbons (Fsp3) is 0.600. The Labute approximate surface area is 162 Å². The Kier molecular flexibility index (Phi) is 8.23. The SMILES string of the molecule is CCNC(=NCCCN1CCCC1=O)N(C)Cc1ccc(OC)cc1OC. The quantitative estimate of drug-likeness (QED) is 0.406. The summed E-state index contributed by atoms with van der Waals surface area (Å²) < 4.78 is 10.7. The van der Waals surface area contributed by atoms with Crippen molar-refractivity contribution < 1.29 is 14.3 Å². The topological polar surface area (TPSA) is 66.4 Å². The van der Waals surface area contributed by atoms with Gasteiger partial charge in [0.05, 0.1) is 14.2 Å². The molecule has 1 saturated heterocycles. The third-order valence-corrected chi connectivity index (χ3v) is 4.62. The summed E-state index contributed by atoms with van der Waals surface area (Å²) in [6.07, 6.45) is 2.55. The van der Waals surface area contributed by atoms with Crippen molar-refractivity contribution in [2.75, 3.05) is 47.4 Å². The predicted molar refractivity (Wildman–Crippen MR) is 107 cm³/mol. The van der Waals surface area contributed by atoms with Crippen LogP contribution in [0, 0.1) is 0 Å². The molecule has 1 heterocycles. The summed E-state index contributed by atoms with van der Waals surface area (Å²) in [7, 11) is 5.32. The van der Waals surface area contributed by atoms with E-state index in [1.54, 1.807) is 14.2 Å². The van der Waals surface area contributed by atoms with Crippen LogP contribution in [0.3, 0.4) is 0 Å². The number of aliphatic imine (C=N–C) groups is 1. The molecule has 1 aromatic rings. The van der Waals surface area contributed by atoms with Crippen molar-refractivity contribution in [1.82, 2.24) is 15.1 Å². The number of carbonyl (C=O) groups is 1. The number of methoxy groups -OCH3 is 2. The van der Waals surface area contributed by atoms with E-state index in [0.717, 1.165) is 55.5 Å². The third kappa shape index (κ3) is 6.05. The highest BCUT2D eigenvalue weighted by molar-refractivity contribution is 5.80. The van der Waals surface area contributed by atoms with E-state index < -0.39 is 0 Å². The lowest BCUT2D eigenvalue weighted by atomic mass is 10.2. The molecule has 0 atom stereocenters. The number of amides is 1. The first-order valence-corrected chi connectivity index (χ1v) is 9.57. The minimum absolute atomic E-state index is 0.273. The van der Waals surface area contributed by atoms with Crippen molar-refractivity contribution in [2.45, 2.75) is 32.7 Å². The maximum atomic E-state index is 11.7. The average Bonchev–Trinajstić information content (AvgIpc) is 3.09. The van der Waals surface area contributed by atoms with Crippen LogP contribution < -0.4 is 14.8 Å². The molecule has 7 nitrogen and oxygen atoms in total. The highest BCUT2D eigenvalue weighted by atomic mass is 16.5. The van der Waals surface area contributed by atoms with Gasteiger partial charge in [0.2, 0.25) is 5.91 Å². The first-order valence-electron chi connectivity index (χ1n) is 9.57. The van der Waals surface area contributed by atoms with Crippen molar-refractivity contribution in [3.63, 3.8) is 0 Å². The maximum Gasteiger partial charge on any atom is 0.222 e. The molecule has 150 valence electrons. The van der Waals surface area contributed by atoms with E-state index in [2.05, 4.69) is 17.1 Å². The molecule has 0 spiro atoms. The first kappa shape index (κ1) is 20.9. The number of benzene rings is 1. The number of nitrogens with zero attached hydrogens (tertiary/aromatic N) is 3. The van der Waals surface area contributed by atoms with Crippen molar-refractivity contribution in [2.24, 2.45) is 4.99 Å². The minimum Gasteiger partial charge on any atom is -0.497 e. The Morgan fingerprint density at radius 3 is 2.78 bits per heavy atom. The monoisotopic (exact) mass is 376 g/mol. The van der Waals surface area contributed by atoms with E-state index >= 15 is 0 Å². The van der Waals surface area contributed by atoms with E-state index in [1.165, 1.54) is 0 Å². The van der Waals surface area contributed by atoms with Gasteiger partial charge in [-0.15, -0.1) is 0 Å². The molecule has 1 aromatic carbocycles. The van der Waals surface area contributed by atoms with Gasteiger partial charge in [0.1, 0.15) is 11.5 Å². The smallest absolute Gasteiger partial charge is 0.222 e. The second-order valence-electron chi connectivity index (χ2n) is 6.61. The largest absolute Gasteiger partial charge is 0.497 e. The molecule has 0 radical (unpaired) electrons. The van der Waals surface area contributed by atoms with Gasteiger partial charge in [-0.3, -0.25) is 9.79 Å². The minimum atomic E-state index is 0.273. The summed E-state index contributed by atoms with van der Waals surface area (Å²) in [5.41, 5.74) is 1.06. The first-order chi connectivity index (χ1) is 13.1. The average molecular weight is 377 g/mol. The van der Waals surface area contributed by atoms with E-state index in [0.29, 0.717) is 19.5 Å². The zero-order valence-corrected chi connectivity index (χ0v) is 17.0. The predicted octanol–water partition coefficient (Wildman–Crippen LogP) is 2.11. The van der Waals surface area contributed by atoms with Crippen LogP contribution >= 0.6 is 0 Å². The number of nitrogens with one attached hydrogen (secondary N) is 1. The highest BCUT2D eigenvalue weighted by Crippen LogP contribution is 2.25. The molecule has 0 aliphatic carbocycles. The van der Waals surface area contributed by atoms with Gasteiger partial charge in [-0.05, 0) is 31.9 Å². The van der Waals surface area contributed by atoms with Gasteiger partial charge in [0.15, 0.2) is 5.96 Å². The Morgan fingerprint density at radius 2 is 2.15 bits per heavy atom. The number of carbonyl (C=O) groups excluding carboxylic acids is 1. The van der Waals surface area contributed by atoms with Gasteiger partial charge >= 0.3 is 0 Å². The van der Waals surface area contributed by atoms with Crippen LogP contribution in [0.5, 0.6) is 11.5 Å². The van der Waals surface area contributed by atoms with Crippen LogP contribution in [-0.2, 0) is 11.3 Å². The molecule has 2 rings (SSSR count). The van der Waals surface area contributed by atoms with Crippen molar-refractivity contribution in [1.29, 1.82) is 0 Å². The highest BCUT2D eigenvalue weighted by Gasteiger charge is 2.19. The number of guanidine groups is 1. The molecule has 0 aromatic heterocycles. The van der Waals surface area contributed by atoms with Gasteiger partial charge in [-0.1, -0.05) is 0 Å². The van der Waals surface area contributed by atoms with Crippen LogP contribution in [0.25, 0.3) is 0 Å². The van der Waals surface area contributed by atoms with Crippen LogP contribution in [0.4, 0.5) is 0 Å². The molecule has 0 saturated carbocycles. The van der Waals surface area contributed by atoms with Gasteiger partial charge in [0, 0.05) is 57.8 Å². The summed E-state index contributed by atoms with van der Waals surface area (Å²) in [5, 5.41) is 3.33. The molecule has 0 bridgehead atoms. The van der Waals surface area contributed by atoms with E-state index in [4.69, 9.17) is 14.5 Å². The normalized spacial score (nSPS) is 14.4. The zero-order valence-electron chi connectivity index (χ0n) is 17.0. The summed E-state index contributed by atoms with van der Waals surface area (Å²) in [4.78, 5) is 20.4. The molecule has 27 heavy (non-hydrogen) atoms. The van der Waals surface area contributed by atoms with Crippen LogP contribution in [0.15, 0.2) is 23.2 Å². The van der Waals surface area contributed by atoms with E-state index in [-0.39, 0.29) is 5.91 Å². The fourth-order valence-corrected chi connectivity index (χ4v) is 3.17. The molecule has 7 heteroatoms. The molecule has 0 unspecified atom stereocenters. The van der Waals surface area contributed by atoms with Crippen LogP contribution in [-0.4, -0.2) is 69.1 Å². The number of likely N-dealkylation sites (tertiary alicyclic amines) is 1.